The molecule has 0 aliphatic heterocycles. The van der Waals surface area contributed by atoms with Gasteiger partial charge in [-0.15, -0.1) is 0 Å². The standard InChI is InChI=1S/C20H20Cl2N4O3S.C2H6/c1-12(10-27)18-19(30-16-7-14(21)6-15(22)8-16)26(9-13-2-4-24-5-3-13)17(25-18)11-29-20(23)28;1-2/h2-8,12,27H,9-11H2,1H3,(H2,23,28);1-2H3. The molecule has 2 heterocycles. The average molecular weight is 497 g/mol. The van der Waals surface area contributed by atoms with Crippen molar-refractivity contribution < 1.29 is 14.6 Å². The van der Waals surface area contributed by atoms with Gasteiger partial charge >= 0.3 is 6.09 Å². The average Bonchev–Trinajstić information content (AvgIpc) is 3.10. The van der Waals surface area contributed by atoms with Gasteiger partial charge in [0.1, 0.15) is 10.9 Å². The molecule has 3 N–H and O–H groups in total. The maximum atomic E-state index is 11.2. The molecule has 0 aliphatic carbocycles. The number of primary amides is 1. The molecule has 1 atom stereocenters. The highest BCUT2D eigenvalue weighted by atomic mass is 35.5. The number of aliphatic hydroxyl groups is 1. The van der Waals surface area contributed by atoms with Crippen molar-refractivity contribution in [2.24, 2.45) is 5.73 Å². The SMILES string of the molecule is CC.CC(CO)c1nc(COC(N)=O)n(Cc2ccncc2)c1Sc1cc(Cl)cc(Cl)c1. The van der Waals surface area contributed by atoms with Gasteiger partial charge in [-0.3, -0.25) is 4.98 Å². The Morgan fingerprint density at radius 2 is 1.84 bits per heavy atom. The number of benzene rings is 1. The normalized spacial score (nSPS) is 11.4. The number of imidazole rings is 1. The van der Waals surface area contributed by atoms with Crippen LogP contribution in [-0.2, 0) is 17.9 Å². The highest BCUT2D eigenvalue weighted by Gasteiger charge is 2.23. The third-order valence-electron chi connectivity index (χ3n) is 4.25. The first-order chi connectivity index (χ1) is 15.4. The lowest BCUT2D eigenvalue weighted by molar-refractivity contribution is 0.145. The molecule has 172 valence electrons. The van der Waals surface area contributed by atoms with Gasteiger partial charge in [0.25, 0.3) is 0 Å². The number of pyridine rings is 1. The predicted molar refractivity (Wildman–Crippen MR) is 127 cm³/mol. The van der Waals surface area contributed by atoms with Crippen molar-refractivity contribution >= 4 is 41.1 Å². The predicted octanol–water partition coefficient (Wildman–Crippen LogP) is 5.50. The fourth-order valence-corrected chi connectivity index (χ4v) is 4.68. The van der Waals surface area contributed by atoms with Crippen molar-refractivity contribution in [3.05, 3.63) is 69.9 Å². The Labute approximate surface area is 201 Å². The summed E-state index contributed by atoms with van der Waals surface area (Å²) in [5.74, 6) is 0.268. The van der Waals surface area contributed by atoms with Crippen LogP contribution in [0.25, 0.3) is 0 Å². The number of aromatic nitrogens is 3. The molecule has 0 radical (unpaired) electrons. The Morgan fingerprint density at radius 3 is 2.41 bits per heavy atom. The van der Waals surface area contributed by atoms with Crippen LogP contribution in [0.2, 0.25) is 10.0 Å². The third-order valence-corrected chi connectivity index (χ3v) is 5.78. The number of halogens is 2. The van der Waals surface area contributed by atoms with Crippen LogP contribution < -0.4 is 5.73 Å². The van der Waals surface area contributed by atoms with E-state index in [1.54, 1.807) is 30.6 Å². The number of hydrogen-bond acceptors (Lipinski definition) is 6. The van der Waals surface area contributed by atoms with Gasteiger partial charge in [-0.2, -0.15) is 0 Å². The molecule has 0 saturated heterocycles. The molecule has 1 amide bonds. The van der Waals surface area contributed by atoms with Crippen LogP contribution in [0.3, 0.4) is 0 Å². The van der Waals surface area contributed by atoms with Crippen LogP contribution in [0.1, 0.15) is 43.8 Å². The van der Waals surface area contributed by atoms with Gasteiger partial charge in [0.15, 0.2) is 6.61 Å². The summed E-state index contributed by atoms with van der Waals surface area (Å²) < 4.78 is 6.94. The van der Waals surface area contributed by atoms with Crippen LogP contribution in [-0.4, -0.2) is 32.3 Å². The summed E-state index contributed by atoms with van der Waals surface area (Å²) in [6, 6.07) is 9.03. The Balaban J connectivity index is 0.00000176. The third kappa shape index (κ3) is 7.13. The first-order valence-corrected chi connectivity index (χ1v) is 11.6. The molecule has 1 aromatic carbocycles. The van der Waals surface area contributed by atoms with Gasteiger partial charge in [-0.25, -0.2) is 9.78 Å². The van der Waals surface area contributed by atoms with Gasteiger partial charge in [0.2, 0.25) is 0 Å². The monoisotopic (exact) mass is 496 g/mol. The molecule has 2 aromatic heterocycles. The maximum Gasteiger partial charge on any atom is 0.404 e. The van der Waals surface area contributed by atoms with Gasteiger partial charge in [-0.05, 0) is 35.9 Å². The lowest BCUT2D eigenvalue weighted by Crippen LogP contribution is -2.15. The molecule has 0 saturated carbocycles. The van der Waals surface area contributed by atoms with E-state index in [1.807, 2.05) is 37.5 Å². The van der Waals surface area contributed by atoms with Crippen molar-refractivity contribution in [2.75, 3.05) is 6.61 Å². The van der Waals surface area contributed by atoms with E-state index >= 15 is 0 Å². The summed E-state index contributed by atoms with van der Waals surface area (Å²) in [5.41, 5.74) is 6.81. The van der Waals surface area contributed by atoms with E-state index in [-0.39, 0.29) is 19.1 Å². The molecule has 32 heavy (non-hydrogen) atoms. The van der Waals surface area contributed by atoms with Gasteiger partial charge in [0.05, 0.1) is 18.8 Å². The Bertz CT molecular complexity index is 1010. The Hall–Kier alpha value is -2.26. The van der Waals surface area contributed by atoms with Crippen molar-refractivity contribution in [3.63, 3.8) is 0 Å². The molecule has 10 heteroatoms. The summed E-state index contributed by atoms with van der Waals surface area (Å²) in [4.78, 5) is 20.7. The number of rotatable bonds is 8. The number of hydrogen-bond donors (Lipinski definition) is 2. The zero-order valence-electron chi connectivity index (χ0n) is 18.1. The van der Waals surface area contributed by atoms with Crippen molar-refractivity contribution in [1.82, 2.24) is 14.5 Å². The minimum absolute atomic E-state index is 0.0910. The zero-order chi connectivity index (χ0) is 23.7. The first kappa shape index (κ1) is 26.0. The van der Waals surface area contributed by atoms with E-state index in [2.05, 4.69) is 9.97 Å². The lowest BCUT2D eigenvalue weighted by atomic mass is 10.1. The quantitative estimate of drug-likeness (QED) is 0.426. The zero-order valence-corrected chi connectivity index (χ0v) is 20.4. The van der Waals surface area contributed by atoms with Gasteiger partial charge in [-0.1, -0.05) is 55.7 Å². The molecule has 0 fully saturated rings. The summed E-state index contributed by atoms with van der Waals surface area (Å²) in [7, 11) is 0. The van der Waals surface area contributed by atoms with Gasteiger partial charge in [0, 0.05) is 33.3 Å². The number of carbonyl (C=O) groups excluding carboxylic acids is 1. The largest absolute Gasteiger partial charge is 0.442 e. The van der Waals surface area contributed by atoms with Crippen LogP contribution in [0.4, 0.5) is 4.79 Å². The summed E-state index contributed by atoms with van der Waals surface area (Å²) >= 11 is 13.8. The van der Waals surface area contributed by atoms with Crippen LogP contribution in [0, 0.1) is 0 Å². The Kier molecular flexibility index (Phi) is 10.3. The number of carbonyl (C=O) groups is 1. The molecule has 3 rings (SSSR count). The molecule has 0 spiro atoms. The van der Waals surface area contributed by atoms with E-state index in [4.69, 9.17) is 33.7 Å². The number of amides is 1. The molecule has 0 bridgehead atoms. The maximum absolute atomic E-state index is 11.2. The van der Waals surface area contributed by atoms with E-state index in [1.165, 1.54) is 11.8 Å². The first-order valence-electron chi connectivity index (χ1n) is 10.0. The molecular weight excluding hydrogens is 471 g/mol. The minimum Gasteiger partial charge on any atom is -0.442 e. The summed E-state index contributed by atoms with van der Waals surface area (Å²) in [6.07, 6.45) is 2.51. The second kappa shape index (κ2) is 12.7. The number of nitrogens with two attached hydrogens (primary N) is 1. The number of nitrogens with zero attached hydrogens (tertiary/aromatic N) is 3. The molecule has 3 aromatic rings. The minimum atomic E-state index is -0.888. The molecule has 1 unspecified atom stereocenters. The van der Waals surface area contributed by atoms with Crippen LogP contribution >= 0.6 is 35.0 Å². The van der Waals surface area contributed by atoms with Crippen molar-refractivity contribution in [3.8, 4) is 0 Å². The van der Waals surface area contributed by atoms with Crippen LogP contribution in [0.5, 0.6) is 0 Å². The van der Waals surface area contributed by atoms with Crippen molar-refractivity contribution in [2.45, 2.75) is 49.8 Å². The topological polar surface area (TPSA) is 103 Å². The lowest BCUT2D eigenvalue weighted by Gasteiger charge is -2.14. The second-order valence-electron chi connectivity index (χ2n) is 6.56. The van der Waals surface area contributed by atoms with E-state index in [9.17, 15) is 9.90 Å². The Morgan fingerprint density at radius 1 is 1.22 bits per heavy atom. The van der Waals surface area contributed by atoms with E-state index in [0.717, 1.165) is 15.5 Å². The molecular formula is C22H26Cl2N4O3S. The van der Waals surface area contributed by atoms with E-state index < -0.39 is 6.09 Å². The van der Waals surface area contributed by atoms with Crippen molar-refractivity contribution in [1.29, 1.82) is 0 Å². The van der Waals surface area contributed by atoms with E-state index in [0.29, 0.717) is 28.1 Å². The summed E-state index contributed by atoms with van der Waals surface area (Å²) in [5, 5.41) is 11.6. The fraction of sp³-hybridized carbons (Fsp3) is 0.318. The molecule has 7 nitrogen and oxygen atoms in total. The van der Waals surface area contributed by atoms with Crippen LogP contribution in [0.15, 0.2) is 52.6 Å². The highest BCUT2D eigenvalue weighted by molar-refractivity contribution is 7.99. The fourth-order valence-electron chi connectivity index (χ4n) is 2.80. The summed E-state index contributed by atoms with van der Waals surface area (Å²) in [6.45, 7) is 6.14. The second-order valence-corrected chi connectivity index (χ2v) is 8.49. The molecule has 0 aliphatic rings. The van der Waals surface area contributed by atoms with Gasteiger partial charge < -0.3 is 20.1 Å². The number of ether oxygens (including phenoxy) is 1. The number of aliphatic hydroxyl groups excluding tert-OH is 1. The highest BCUT2D eigenvalue weighted by Crippen LogP contribution is 2.37. The smallest absolute Gasteiger partial charge is 0.404 e.